The van der Waals surface area contributed by atoms with Gasteiger partial charge in [-0.1, -0.05) is 48.2 Å². The second-order valence-electron chi connectivity index (χ2n) is 7.47. The fourth-order valence-electron chi connectivity index (χ4n) is 3.74. The zero-order valence-electron chi connectivity index (χ0n) is 16.4. The minimum atomic E-state index is -0.0367. The maximum Gasteiger partial charge on any atom is 0.251 e. The zero-order valence-corrected chi connectivity index (χ0v) is 16.4. The van der Waals surface area contributed by atoms with Crippen LogP contribution < -0.4 is 5.56 Å². The third-order valence-corrected chi connectivity index (χ3v) is 5.30. The topological polar surface area (TPSA) is 48.6 Å². The van der Waals surface area contributed by atoms with Gasteiger partial charge in [0, 0.05) is 41.2 Å². The highest BCUT2D eigenvalue weighted by Gasteiger charge is 2.05. The number of hydrogen-bond donors (Lipinski definition) is 2. The Kier molecular flexibility index (Phi) is 4.67. The van der Waals surface area contributed by atoms with Gasteiger partial charge in [0.15, 0.2) is 0 Å². The molecule has 0 bridgehead atoms. The van der Waals surface area contributed by atoms with E-state index in [2.05, 4.69) is 46.1 Å². The lowest BCUT2D eigenvalue weighted by molar-refractivity contribution is 1.12. The second-order valence-corrected chi connectivity index (χ2v) is 7.47. The van der Waals surface area contributed by atoms with Crippen molar-refractivity contribution in [3.8, 4) is 11.8 Å². The third-order valence-electron chi connectivity index (χ3n) is 5.30. The maximum absolute atomic E-state index is 12.4. The lowest BCUT2D eigenvalue weighted by Crippen LogP contribution is -2.12. The largest absolute Gasteiger partial charge is 0.361 e. The molecule has 3 heteroatoms. The molecule has 3 nitrogen and oxygen atoms in total. The Hall–Kier alpha value is -4.03. The molecule has 0 saturated carbocycles. The van der Waals surface area contributed by atoms with Crippen LogP contribution in [0.1, 0.15) is 22.3 Å². The van der Waals surface area contributed by atoms with E-state index in [1.54, 1.807) is 0 Å². The summed E-state index contributed by atoms with van der Waals surface area (Å²) in [5, 5.41) is 2.20. The quantitative estimate of drug-likeness (QED) is 0.410. The summed E-state index contributed by atoms with van der Waals surface area (Å²) >= 11 is 0. The van der Waals surface area contributed by atoms with Gasteiger partial charge in [-0.2, -0.15) is 0 Å². The van der Waals surface area contributed by atoms with Crippen LogP contribution >= 0.6 is 0 Å². The molecule has 0 aliphatic heterocycles. The van der Waals surface area contributed by atoms with E-state index in [1.807, 2.05) is 60.8 Å². The monoisotopic (exact) mass is 388 g/mol. The molecule has 5 aromatic rings. The van der Waals surface area contributed by atoms with E-state index in [4.69, 9.17) is 0 Å². The molecule has 0 amide bonds. The van der Waals surface area contributed by atoms with Crippen LogP contribution in [-0.4, -0.2) is 9.97 Å². The van der Waals surface area contributed by atoms with Gasteiger partial charge in [-0.25, -0.2) is 0 Å². The average Bonchev–Trinajstić information content (AvgIpc) is 3.23. The summed E-state index contributed by atoms with van der Waals surface area (Å²) < 4.78 is 0. The molecule has 0 spiro atoms. The number of aromatic amines is 2. The van der Waals surface area contributed by atoms with E-state index in [1.165, 1.54) is 10.9 Å². The van der Waals surface area contributed by atoms with Crippen LogP contribution in [0.25, 0.3) is 21.8 Å². The highest BCUT2D eigenvalue weighted by atomic mass is 16.1. The number of fused-ring (bicyclic) bond motifs is 2. The van der Waals surface area contributed by atoms with Crippen molar-refractivity contribution in [2.24, 2.45) is 0 Å². The Morgan fingerprint density at radius 3 is 2.53 bits per heavy atom. The van der Waals surface area contributed by atoms with Gasteiger partial charge < -0.3 is 9.97 Å². The van der Waals surface area contributed by atoms with Crippen molar-refractivity contribution >= 4 is 21.8 Å². The van der Waals surface area contributed by atoms with Gasteiger partial charge in [0.2, 0.25) is 0 Å². The number of hydrogen-bond acceptors (Lipinski definition) is 1. The van der Waals surface area contributed by atoms with Gasteiger partial charge in [-0.05, 0) is 64.4 Å². The molecule has 0 radical (unpaired) electrons. The maximum atomic E-state index is 12.4. The van der Waals surface area contributed by atoms with Gasteiger partial charge >= 0.3 is 0 Å². The molecule has 0 atom stereocenters. The minimum absolute atomic E-state index is 0.0367. The first kappa shape index (κ1) is 18.0. The molecule has 5 rings (SSSR count). The molecule has 3 aromatic carbocycles. The van der Waals surface area contributed by atoms with Gasteiger partial charge in [0.05, 0.1) is 0 Å². The summed E-state index contributed by atoms with van der Waals surface area (Å²) in [6.07, 6.45) is 3.26. The van der Waals surface area contributed by atoms with Crippen molar-refractivity contribution < 1.29 is 0 Å². The summed E-state index contributed by atoms with van der Waals surface area (Å²) in [5.41, 5.74) is 5.97. The van der Waals surface area contributed by atoms with Crippen molar-refractivity contribution in [1.82, 2.24) is 9.97 Å². The minimum Gasteiger partial charge on any atom is -0.361 e. The summed E-state index contributed by atoms with van der Waals surface area (Å²) in [7, 11) is 0. The van der Waals surface area contributed by atoms with E-state index in [0.717, 1.165) is 33.1 Å². The molecule has 30 heavy (non-hydrogen) atoms. The molecule has 0 fully saturated rings. The van der Waals surface area contributed by atoms with Gasteiger partial charge in [0.25, 0.3) is 5.56 Å². The standard InChI is InChI=1S/C27H20N2O/c30-27-24(17-19-5-2-1-3-6-19)18-23-16-21(10-12-26(23)29-27)8-4-7-20-9-11-25-22(15-20)13-14-28-25/h1-3,5-6,9-16,18,28H,7,17H2,(H,29,30). The lowest BCUT2D eigenvalue weighted by atomic mass is 10.0. The molecule has 0 unspecified atom stereocenters. The van der Waals surface area contributed by atoms with Crippen LogP contribution in [0, 0.1) is 11.8 Å². The normalized spacial score (nSPS) is 10.8. The molecule has 2 heterocycles. The first-order chi connectivity index (χ1) is 14.7. The van der Waals surface area contributed by atoms with Crippen molar-refractivity contribution in [2.45, 2.75) is 12.8 Å². The predicted molar refractivity (Wildman–Crippen MR) is 123 cm³/mol. The van der Waals surface area contributed by atoms with Gasteiger partial charge in [0.1, 0.15) is 0 Å². The van der Waals surface area contributed by atoms with Gasteiger partial charge in [-0.15, -0.1) is 0 Å². The fourth-order valence-corrected chi connectivity index (χ4v) is 3.74. The molecule has 0 aliphatic carbocycles. The van der Waals surface area contributed by atoms with Crippen molar-refractivity contribution in [1.29, 1.82) is 0 Å². The third kappa shape index (κ3) is 3.76. The van der Waals surface area contributed by atoms with E-state index in [0.29, 0.717) is 12.8 Å². The van der Waals surface area contributed by atoms with E-state index in [9.17, 15) is 4.79 Å². The number of rotatable bonds is 3. The molecule has 0 aliphatic rings. The lowest BCUT2D eigenvalue weighted by Gasteiger charge is -2.04. The van der Waals surface area contributed by atoms with Crippen molar-refractivity contribution in [3.63, 3.8) is 0 Å². The molecular formula is C27H20N2O. The molecule has 144 valence electrons. The van der Waals surface area contributed by atoms with Crippen LogP contribution in [-0.2, 0) is 12.8 Å². The number of benzene rings is 3. The highest BCUT2D eigenvalue weighted by Crippen LogP contribution is 2.16. The number of nitrogens with one attached hydrogen (secondary N) is 2. The molecule has 0 saturated heterocycles. The van der Waals surface area contributed by atoms with Crippen LogP contribution in [0.3, 0.4) is 0 Å². The Labute approximate surface area is 174 Å². The number of aromatic nitrogens is 2. The Morgan fingerprint density at radius 1 is 0.767 bits per heavy atom. The smallest absolute Gasteiger partial charge is 0.251 e. The van der Waals surface area contributed by atoms with Crippen LogP contribution in [0.15, 0.2) is 89.9 Å². The zero-order chi connectivity index (χ0) is 20.3. The van der Waals surface area contributed by atoms with Crippen LogP contribution in [0.2, 0.25) is 0 Å². The average molecular weight is 388 g/mol. The summed E-state index contributed by atoms with van der Waals surface area (Å²) in [5.74, 6) is 6.53. The van der Waals surface area contributed by atoms with Gasteiger partial charge in [-0.3, -0.25) is 4.79 Å². The Balaban J connectivity index is 1.40. The summed E-state index contributed by atoms with van der Waals surface area (Å²) in [4.78, 5) is 18.6. The van der Waals surface area contributed by atoms with E-state index in [-0.39, 0.29) is 5.56 Å². The first-order valence-corrected chi connectivity index (χ1v) is 9.99. The fraction of sp³-hybridized carbons (Fsp3) is 0.0741. The van der Waals surface area contributed by atoms with Crippen molar-refractivity contribution in [2.75, 3.05) is 0 Å². The van der Waals surface area contributed by atoms with Crippen molar-refractivity contribution in [3.05, 3.63) is 118 Å². The molecular weight excluding hydrogens is 368 g/mol. The molecule has 2 N–H and O–H groups in total. The first-order valence-electron chi connectivity index (χ1n) is 9.99. The highest BCUT2D eigenvalue weighted by molar-refractivity contribution is 5.81. The summed E-state index contributed by atoms with van der Waals surface area (Å²) in [6, 6.07) is 26.4. The number of pyridine rings is 1. The second kappa shape index (κ2) is 7.77. The Morgan fingerprint density at radius 2 is 1.63 bits per heavy atom. The van der Waals surface area contributed by atoms with E-state index >= 15 is 0 Å². The molecule has 2 aromatic heterocycles. The number of H-pyrrole nitrogens is 2. The SMILES string of the molecule is O=c1[nH]c2ccc(C#CCc3ccc4[nH]ccc4c3)cc2cc1Cc1ccccc1. The Bertz CT molecular complexity index is 1460. The van der Waals surface area contributed by atoms with E-state index < -0.39 is 0 Å². The van der Waals surface area contributed by atoms with Crippen LogP contribution in [0.5, 0.6) is 0 Å². The predicted octanol–water partition coefficient (Wildman–Crippen LogP) is 5.19. The summed E-state index contributed by atoms with van der Waals surface area (Å²) in [6.45, 7) is 0. The van der Waals surface area contributed by atoms with Crippen LogP contribution in [0.4, 0.5) is 0 Å².